The molecule has 3 atom stereocenters. The third-order valence-electron chi connectivity index (χ3n) is 11.8. The summed E-state index contributed by atoms with van der Waals surface area (Å²) < 4.78 is 74.7. The van der Waals surface area contributed by atoms with E-state index in [-0.39, 0.29) is 32.3 Å². The number of allylic oxidation sites excluding steroid dienone is 4. The van der Waals surface area contributed by atoms with Crippen LogP contribution in [-0.2, 0) is 36.3 Å². The first-order valence-corrected chi connectivity index (χ1v) is 20.9. The number of ether oxygens (including phenoxy) is 2. The van der Waals surface area contributed by atoms with Crippen LogP contribution in [0.3, 0.4) is 0 Å². The number of fused-ring (bicyclic) bond motifs is 6. The van der Waals surface area contributed by atoms with Gasteiger partial charge in [0.15, 0.2) is 0 Å². The van der Waals surface area contributed by atoms with E-state index in [0.29, 0.717) is 43.1 Å². The van der Waals surface area contributed by atoms with E-state index in [1.165, 1.54) is 16.3 Å². The molecule has 4 heterocycles. The maximum absolute atomic E-state index is 14.7. The molecule has 50 heavy (non-hydrogen) atoms. The van der Waals surface area contributed by atoms with Crippen LogP contribution in [0.1, 0.15) is 68.0 Å². The van der Waals surface area contributed by atoms with Crippen molar-refractivity contribution in [2.75, 3.05) is 60.6 Å². The van der Waals surface area contributed by atoms with Crippen LogP contribution in [-0.4, -0.2) is 113 Å². The summed E-state index contributed by atoms with van der Waals surface area (Å²) in [5, 5.41) is 0.152. The predicted octanol–water partition coefficient (Wildman–Crippen LogP) is 3.39. The fourth-order valence-corrected chi connectivity index (χ4v) is 12.3. The summed E-state index contributed by atoms with van der Waals surface area (Å²) in [4.78, 5) is 16.0. The third-order valence-corrected chi connectivity index (χ3v) is 15.6. The highest BCUT2D eigenvalue weighted by molar-refractivity contribution is 7.89. The molecular weight excluding hydrogens is 679 g/mol. The smallest absolute Gasteiger partial charge is 0.304 e. The molecule has 1 saturated carbocycles. The van der Waals surface area contributed by atoms with Gasteiger partial charge in [-0.05, 0) is 80.1 Å². The molecule has 2 aromatic rings. The van der Waals surface area contributed by atoms with E-state index >= 15 is 0 Å². The van der Waals surface area contributed by atoms with Gasteiger partial charge in [-0.1, -0.05) is 37.5 Å². The summed E-state index contributed by atoms with van der Waals surface area (Å²) in [5.74, 6) is -0.151. The molecule has 3 fully saturated rings. The van der Waals surface area contributed by atoms with Gasteiger partial charge in [-0.2, -0.15) is 12.7 Å². The summed E-state index contributed by atoms with van der Waals surface area (Å²) in [6, 6.07) is 6.45. The standard InChI is InChI=1S/C36H47N5O7S2/c1-38(2)24-14-15-40(21-24)49(43,44)31-11-7-10-26-32-28(34(32)36(42)37-50(45,46)39-16-18-48-19-17-39)22-41-29(33(26)31)20-27-30(47-3)13-12-25(35(27)41)23-8-5-4-6-9-23/h7,10,12-13,20,23-24,31,33H,4-6,8-9,11,14-19,21-22H2,1-3H3,(H,37,42)/t24-,31-,33?/m1/s1. The van der Waals surface area contributed by atoms with Crippen molar-refractivity contribution >= 4 is 37.0 Å². The second-order valence-corrected chi connectivity index (χ2v) is 18.5. The van der Waals surface area contributed by atoms with E-state index in [1.54, 1.807) is 11.4 Å². The summed E-state index contributed by atoms with van der Waals surface area (Å²) in [5.41, 5.74) is 5.68. The summed E-state index contributed by atoms with van der Waals surface area (Å²) in [6.45, 7) is 2.11. The zero-order valence-corrected chi connectivity index (χ0v) is 30.7. The first-order valence-electron chi connectivity index (χ1n) is 17.9. The number of morpholine rings is 1. The number of carbonyl (C=O) groups is 1. The van der Waals surface area contributed by atoms with E-state index in [1.807, 2.05) is 32.3 Å². The molecule has 270 valence electrons. The molecule has 0 radical (unpaired) electrons. The van der Waals surface area contributed by atoms with Crippen molar-refractivity contribution in [1.82, 2.24) is 22.8 Å². The SMILES string of the molecule is COc1ccc(C2CCCCC2)c2c1cc1n2CC2=C(C(=O)NS(=O)(=O)N3CCOCC3)C2=C2C=CC[C@@H](S(=O)(=O)N3CC[C@@H](N(C)C)C3)C21. The number of nitrogens with one attached hydrogen (secondary N) is 1. The minimum Gasteiger partial charge on any atom is -0.496 e. The monoisotopic (exact) mass is 725 g/mol. The first kappa shape index (κ1) is 34.1. The fraction of sp³-hybridized carbons (Fsp3) is 0.583. The highest BCUT2D eigenvalue weighted by atomic mass is 32.2. The molecule has 2 saturated heterocycles. The van der Waals surface area contributed by atoms with E-state index < -0.39 is 37.3 Å². The molecule has 1 aromatic heterocycles. The van der Waals surface area contributed by atoms with E-state index in [0.717, 1.165) is 65.6 Å². The number of carbonyl (C=O) groups excluding carboxylic acids is 1. The van der Waals surface area contributed by atoms with Crippen molar-refractivity contribution in [1.29, 1.82) is 0 Å². The zero-order valence-electron chi connectivity index (χ0n) is 29.1. The van der Waals surface area contributed by atoms with E-state index in [9.17, 15) is 21.6 Å². The summed E-state index contributed by atoms with van der Waals surface area (Å²) in [6.07, 6.45) is 10.7. The minimum absolute atomic E-state index is 0.144. The van der Waals surface area contributed by atoms with Gasteiger partial charge in [0, 0.05) is 55.8 Å². The number of likely N-dealkylation sites (N-methyl/N-ethyl adjacent to an activating group) is 1. The molecular formula is C36H47N5O7S2. The largest absolute Gasteiger partial charge is 0.496 e. The lowest BCUT2D eigenvalue weighted by atomic mass is 9.83. The van der Waals surface area contributed by atoms with E-state index in [2.05, 4.69) is 26.3 Å². The Morgan fingerprint density at radius 3 is 2.46 bits per heavy atom. The zero-order chi connectivity index (χ0) is 34.9. The highest BCUT2D eigenvalue weighted by Gasteiger charge is 2.50. The van der Waals surface area contributed by atoms with Crippen LogP contribution in [0.15, 0.2) is 52.6 Å². The summed E-state index contributed by atoms with van der Waals surface area (Å²) in [7, 11) is -2.24. The molecule has 0 bridgehead atoms. The predicted molar refractivity (Wildman–Crippen MR) is 191 cm³/mol. The molecule has 1 N–H and O–H groups in total. The molecule has 6 aliphatic rings. The molecule has 0 spiro atoms. The number of sulfonamides is 1. The van der Waals surface area contributed by atoms with Crippen molar-refractivity contribution < 1.29 is 31.1 Å². The van der Waals surface area contributed by atoms with Crippen LogP contribution >= 0.6 is 0 Å². The number of nitrogens with zero attached hydrogens (tertiary/aromatic N) is 4. The van der Waals surface area contributed by atoms with Gasteiger partial charge in [0.1, 0.15) is 5.75 Å². The van der Waals surface area contributed by atoms with Gasteiger partial charge in [0.2, 0.25) is 10.0 Å². The maximum Gasteiger partial charge on any atom is 0.304 e. The van der Waals surface area contributed by atoms with Crippen LogP contribution in [0.4, 0.5) is 0 Å². The quantitative estimate of drug-likeness (QED) is 0.439. The Morgan fingerprint density at radius 1 is 1.00 bits per heavy atom. The Hall–Kier alpha value is -3.01. The first-order chi connectivity index (χ1) is 24.0. The molecule has 12 nitrogen and oxygen atoms in total. The van der Waals surface area contributed by atoms with Crippen molar-refractivity contribution in [3.8, 4) is 5.75 Å². The van der Waals surface area contributed by atoms with Crippen LogP contribution in [0.25, 0.3) is 10.9 Å². The number of methoxy groups -OCH3 is 1. The average molecular weight is 726 g/mol. The van der Waals surface area contributed by atoms with Gasteiger partial charge in [0.25, 0.3) is 5.91 Å². The van der Waals surface area contributed by atoms with Crippen LogP contribution in [0.5, 0.6) is 5.75 Å². The summed E-state index contributed by atoms with van der Waals surface area (Å²) >= 11 is 0. The number of amides is 1. The molecule has 3 aliphatic carbocycles. The topological polar surface area (TPSA) is 130 Å². The van der Waals surface area contributed by atoms with Gasteiger partial charge in [-0.25, -0.2) is 17.4 Å². The average Bonchev–Trinajstić information content (AvgIpc) is 3.42. The highest BCUT2D eigenvalue weighted by Crippen LogP contribution is 2.55. The Balaban J connectivity index is 1.27. The molecule has 1 aromatic carbocycles. The minimum atomic E-state index is -4.09. The van der Waals surface area contributed by atoms with E-state index in [4.69, 9.17) is 9.47 Å². The van der Waals surface area contributed by atoms with Crippen LogP contribution in [0.2, 0.25) is 0 Å². The molecule has 1 amide bonds. The normalized spacial score (nSPS) is 26.6. The third kappa shape index (κ3) is 5.66. The van der Waals surface area contributed by atoms with Crippen molar-refractivity contribution in [2.45, 2.75) is 74.6 Å². The van der Waals surface area contributed by atoms with Crippen molar-refractivity contribution in [3.63, 3.8) is 0 Å². The lowest BCUT2D eigenvalue weighted by Crippen LogP contribution is -2.48. The number of hydrogen-bond acceptors (Lipinski definition) is 8. The van der Waals surface area contributed by atoms with Gasteiger partial charge >= 0.3 is 10.2 Å². The van der Waals surface area contributed by atoms with Crippen LogP contribution < -0.4 is 9.46 Å². The second kappa shape index (κ2) is 12.9. The molecule has 14 heteroatoms. The van der Waals surface area contributed by atoms with Gasteiger partial charge < -0.3 is 18.9 Å². The molecule has 3 aliphatic heterocycles. The van der Waals surface area contributed by atoms with Gasteiger partial charge in [-0.3, -0.25) is 4.79 Å². The van der Waals surface area contributed by atoms with Gasteiger partial charge in [0.05, 0.1) is 36.7 Å². The lowest BCUT2D eigenvalue weighted by molar-refractivity contribution is -0.115. The number of rotatable bonds is 8. The number of hydrogen-bond donors (Lipinski definition) is 1. The fourth-order valence-electron chi connectivity index (χ4n) is 9.09. The lowest BCUT2D eigenvalue weighted by Gasteiger charge is -2.34. The van der Waals surface area contributed by atoms with Crippen LogP contribution in [0, 0.1) is 0 Å². The maximum atomic E-state index is 14.7. The molecule has 8 rings (SSSR count). The second-order valence-electron chi connectivity index (χ2n) is 14.7. The number of aromatic nitrogens is 1. The Labute approximate surface area is 295 Å². The molecule has 1 unspecified atom stereocenters. The Bertz CT molecular complexity index is 2040. The Kier molecular flexibility index (Phi) is 8.79. The van der Waals surface area contributed by atoms with Crippen molar-refractivity contribution in [3.05, 3.63) is 63.9 Å². The number of benzene rings is 1. The van der Waals surface area contributed by atoms with Gasteiger partial charge in [-0.15, -0.1) is 0 Å². The Morgan fingerprint density at radius 2 is 1.76 bits per heavy atom. The van der Waals surface area contributed by atoms with Crippen molar-refractivity contribution in [2.24, 2.45) is 0 Å².